The minimum absolute atomic E-state index is 0.189. The molecule has 0 aromatic heterocycles. The van der Waals surface area contributed by atoms with E-state index in [4.69, 9.17) is 5.11 Å². The molecular formula is C16H23NO2. The third-order valence-electron chi connectivity index (χ3n) is 4.45. The van der Waals surface area contributed by atoms with Crippen molar-refractivity contribution in [1.82, 2.24) is 0 Å². The van der Waals surface area contributed by atoms with Crippen LogP contribution < -0.4 is 4.90 Å². The summed E-state index contributed by atoms with van der Waals surface area (Å²) in [7, 11) is 0. The van der Waals surface area contributed by atoms with Gasteiger partial charge in [-0.15, -0.1) is 0 Å². The summed E-state index contributed by atoms with van der Waals surface area (Å²) in [5, 5.41) is 8.93. The molecule has 0 saturated heterocycles. The zero-order valence-electron chi connectivity index (χ0n) is 12.0. The number of carboxylic acid groups (broad SMARTS) is 1. The molecule has 1 aromatic carbocycles. The summed E-state index contributed by atoms with van der Waals surface area (Å²) in [6.07, 6.45) is 2.67. The second-order valence-corrected chi connectivity index (χ2v) is 6.00. The Kier molecular flexibility index (Phi) is 3.83. The number of anilines is 1. The number of carbonyl (C=O) groups is 1. The van der Waals surface area contributed by atoms with Gasteiger partial charge in [-0.05, 0) is 44.2 Å². The van der Waals surface area contributed by atoms with Crippen LogP contribution in [0.4, 0.5) is 5.69 Å². The van der Waals surface area contributed by atoms with Gasteiger partial charge in [0.1, 0.15) is 0 Å². The largest absolute Gasteiger partial charge is 0.481 e. The minimum Gasteiger partial charge on any atom is -0.481 e. The zero-order valence-corrected chi connectivity index (χ0v) is 12.0. The number of aliphatic carboxylic acids is 1. The molecule has 0 aliphatic heterocycles. The Morgan fingerprint density at radius 3 is 2.42 bits per heavy atom. The van der Waals surface area contributed by atoms with Crippen LogP contribution in [0, 0.1) is 12.3 Å². The van der Waals surface area contributed by atoms with Crippen molar-refractivity contribution in [1.29, 1.82) is 0 Å². The van der Waals surface area contributed by atoms with Crippen molar-refractivity contribution in [2.45, 2.75) is 46.1 Å². The van der Waals surface area contributed by atoms with Crippen LogP contribution in [0.25, 0.3) is 0 Å². The molecule has 3 heteroatoms. The molecule has 0 spiro atoms. The molecule has 1 N–H and O–H groups in total. The number of hydrogen-bond acceptors (Lipinski definition) is 2. The Bertz CT molecular complexity index is 448. The van der Waals surface area contributed by atoms with Crippen LogP contribution in [0.1, 0.15) is 38.7 Å². The Morgan fingerprint density at radius 2 is 1.95 bits per heavy atom. The molecule has 1 saturated carbocycles. The quantitative estimate of drug-likeness (QED) is 0.852. The summed E-state index contributed by atoms with van der Waals surface area (Å²) >= 11 is 0. The van der Waals surface area contributed by atoms with Gasteiger partial charge in [-0.1, -0.05) is 24.6 Å². The molecule has 1 unspecified atom stereocenters. The lowest BCUT2D eigenvalue weighted by atomic mass is 9.98. The summed E-state index contributed by atoms with van der Waals surface area (Å²) in [6, 6.07) is 8.75. The van der Waals surface area contributed by atoms with Crippen LogP contribution in [0.5, 0.6) is 0 Å². The van der Waals surface area contributed by atoms with Crippen LogP contribution in [0.15, 0.2) is 24.3 Å². The third kappa shape index (κ3) is 3.28. The van der Waals surface area contributed by atoms with Gasteiger partial charge >= 0.3 is 5.97 Å². The van der Waals surface area contributed by atoms with Crippen LogP contribution in [-0.2, 0) is 4.79 Å². The Balaban J connectivity index is 2.17. The highest BCUT2D eigenvalue weighted by molar-refractivity contribution is 5.67. The predicted octanol–water partition coefficient (Wildman–Crippen LogP) is 3.46. The number of rotatable bonds is 6. The first-order chi connectivity index (χ1) is 8.92. The van der Waals surface area contributed by atoms with Gasteiger partial charge in [0.05, 0.1) is 6.42 Å². The van der Waals surface area contributed by atoms with Crippen molar-refractivity contribution in [2.24, 2.45) is 5.41 Å². The van der Waals surface area contributed by atoms with Crippen molar-refractivity contribution in [2.75, 3.05) is 11.4 Å². The maximum absolute atomic E-state index is 10.9. The van der Waals surface area contributed by atoms with Crippen LogP contribution in [0.2, 0.25) is 0 Å². The fourth-order valence-corrected chi connectivity index (χ4v) is 2.49. The Morgan fingerprint density at radius 1 is 1.37 bits per heavy atom. The normalized spacial score (nSPS) is 17.8. The molecule has 0 heterocycles. The number of aryl methyl sites for hydroxylation is 1. The number of hydrogen-bond donors (Lipinski definition) is 1. The van der Waals surface area contributed by atoms with E-state index in [0.717, 1.165) is 5.69 Å². The first-order valence-electron chi connectivity index (χ1n) is 6.97. The van der Waals surface area contributed by atoms with Crippen LogP contribution >= 0.6 is 0 Å². The van der Waals surface area contributed by atoms with Crippen molar-refractivity contribution < 1.29 is 9.90 Å². The monoisotopic (exact) mass is 261 g/mol. The second-order valence-electron chi connectivity index (χ2n) is 6.00. The number of nitrogens with zero attached hydrogens (tertiary/aromatic N) is 1. The standard InChI is InChI=1S/C16H23NO2/c1-12-4-6-14(7-5-12)17(11-8-15(18)19)13(2)16(3)9-10-16/h4-7,13H,8-11H2,1-3H3,(H,18,19). The molecule has 1 atom stereocenters. The van der Waals surface area contributed by atoms with E-state index in [-0.39, 0.29) is 6.42 Å². The number of carboxylic acids is 1. The van der Waals surface area contributed by atoms with Crippen molar-refractivity contribution in [3.63, 3.8) is 0 Å². The molecule has 0 radical (unpaired) electrons. The smallest absolute Gasteiger partial charge is 0.305 e. The lowest BCUT2D eigenvalue weighted by Gasteiger charge is -2.35. The van der Waals surface area contributed by atoms with Gasteiger partial charge in [0, 0.05) is 18.3 Å². The highest BCUT2D eigenvalue weighted by atomic mass is 16.4. The van der Waals surface area contributed by atoms with Gasteiger partial charge in [-0.25, -0.2) is 0 Å². The van der Waals surface area contributed by atoms with Gasteiger partial charge in [0.2, 0.25) is 0 Å². The molecule has 0 amide bonds. The first kappa shape index (κ1) is 13.9. The Labute approximate surface area is 115 Å². The summed E-state index contributed by atoms with van der Waals surface area (Å²) in [6.45, 7) is 7.15. The van der Waals surface area contributed by atoms with Gasteiger partial charge in [-0.2, -0.15) is 0 Å². The van der Waals surface area contributed by atoms with Crippen LogP contribution in [-0.4, -0.2) is 23.7 Å². The van der Waals surface area contributed by atoms with Gasteiger partial charge < -0.3 is 10.0 Å². The fourth-order valence-electron chi connectivity index (χ4n) is 2.49. The second kappa shape index (κ2) is 5.24. The van der Waals surface area contributed by atoms with E-state index in [1.54, 1.807) is 0 Å². The maximum atomic E-state index is 10.9. The number of benzene rings is 1. The summed E-state index contributed by atoms with van der Waals surface area (Å²) in [5.74, 6) is -0.731. The minimum atomic E-state index is -0.731. The van der Waals surface area contributed by atoms with Crippen molar-refractivity contribution >= 4 is 11.7 Å². The molecule has 19 heavy (non-hydrogen) atoms. The Hall–Kier alpha value is -1.51. The van der Waals surface area contributed by atoms with Gasteiger partial charge in [0.15, 0.2) is 0 Å². The van der Waals surface area contributed by atoms with Crippen LogP contribution in [0.3, 0.4) is 0 Å². The fraction of sp³-hybridized carbons (Fsp3) is 0.562. The van der Waals surface area contributed by atoms with E-state index in [1.807, 2.05) is 0 Å². The summed E-state index contributed by atoms with van der Waals surface area (Å²) in [4.78, 5) is 13.1. The molecule has 1 aliphatic carbocycles. The molecule has 0 bridgehead atoms. The molecule has 3 nitrogen and oxygen atoms in total. The SMILES string of the molecule is Cc1ccc(N(CCC(=O)O)C(C)C2(C)CC2)cc1. The maximum Gasteiger partial charge on any atom is 0.305 e. The average Bonchev–Trinajstić information content (AvgIpc) is 3.10. The highest BCUT2D eigenvalue weighted by Gasteiger charge is 2.45. The van der Waals surface area contributed by atoms with Gasteiger partial charge in [0.25, 0.3) is 0 Å². The summed E-state index contributed by atoms with van der Waals surface area (Å²) < 4.78 is 0. The molecule has 2 rings (SSSR count). The van der Waals surface area contributed by atoms with Gasteiger partial charge in [-0.3, -0.25) is 4.79 Å². The van der Waals surface area contributed by atoms with E-state index in [2.05, 4.69) is 49.9 Å². The molecule has 1 aliphatic rings. The highest BCUT2D eigenvalue weighted by Crippen LogP contribution is 2.50. The van der Waals surface area contributed by atoms with Crippen molar-refractivity contribution in [3.8, 4) is 0 Å². The van der Waals surface area contributed by atoms with Crippen molar-refractivity contribution in [3.05, 3.63) is 29.8 Å². The van der Waals surface area contributed by atoms with E-state index in [9.17, 15) is 4.79 Å². The van der Waals surface area contributed by atoms with E-state index < -0.39 is 5.97 Å². The molecular weight excluding hydrogens is 238 g/mol. The molecule has 1 fully saturated rings. The molecule has 104 valence electrons. The molecule has 1 aromatic rings. The van der Waals surface area contributed by atoms with E-state index in [1.165, 1.54) is 18.4 Å². The topological polar surface area (TPSA) is 40.5 Å². The first-order valence-corrected chi connectivity index (χ1v) is 6.97. The summed E-state index contributed by atoms with van der Waals surface area (Å²) in [5.41, 5.74) is 2.71. The van der Waals surface area contributed by atoms with E-state index in [0.29, 0.717) is 18.0 Å². The lowest BCUT2D eigenvalue weighted by Crippen LogP contribution is -2.40. The van der Waals surface area contributed by atoms with E-state index >= 15 is 0 Å². The lowest BCUT2D eigenvalue weighted by molar-refractivity contribution is -0.136. The predicted molar refractivity (Wildman–Crippen MR) is 77.6 cm³/mol. The zero-order chi connectivity index (χ0) is 14.0. The average molecular weight is 261 g/mol. The third-order valence-corrected chi connectivity index (χ3v) is 4.45.